The largest absolute Gasteiger partial charge is 0.457 e. The van der Waals surface area contributed by atoms with Crippen molar-refractivity contribution in [2.75, 3.05) is 13.1 Å². The molecule has 2 aromatic carbocycles. The monoisotopic (exact) mass is 462 g/mol. The van der Waals surface area contributed by atoms with Gasteiger partial charge in [-0.15, -0.1) is 0 Å². The molecule has 8 heteroatoms. The molecule has 2 atom stereocenters. The van der Waals surface area contributed by atoms with Gasteiger partial charge in [-0.1, -0.05) is 24.8 Å². The molecule has 6 nitrogen and oxygen atoms in total. The van der Waals surface area contributed by atoms with Crippen molar-refractivity contribution in [2.24, 2.45) is 0 Å². The van der Waals surface area contributed by atoms with E-state index >= 15 is 0 Å². The van der Waals surface area contributed by atoms with Crippen molar-refractivity contribution in [1.29, 1.82) is 0 Å². The molecule has 0 spiro atoms. The standard InChI is InChI=1S/C25H23FN4O2S/c1-2-33(31)29-14-6-7-19(17-29)30-25-22(15-27-16-23(25)26)24(28-30)18-10-12-21(13-11-18)32-20-8-4-3-5-9-20/h2-5,8-13,15-16,19H,1,6-7,14,17H2. The van der Waals surface area contributed by atoms with Crippen LogP contribution in [0.4, 0.5) is 4.39 Å². The maximum absolute atomic E-state index is 14.9. The zero-order valence-corrected chi connectivity index (χ0v) is 18.7. The minimum atomic E-state index is -1.26. The van der Waals surface area contributed by atoms with Gasteiger partial charge in [-0.25, -0.2) is 12.9 Å². The van der Waals surface area contributed by atoms with Crippen LogP contribution in [0.2, 0.25) is 0 Å². The van der Waals surface area contributed by atoms with E-state index in [1.165, 1.54) is 11.6 Å². The van der Waals surface area contributed by atoms with Gasteiger partial charge < -0.3 is 4.74 Å². The first kappa shape index (κ1) is 21.5. The highest BCUT2D eigenvalue weighted by molar-refractivity contribution is 7.85. The number of piperidine rings is 1. The van der Waals surface area contributed by atoms with Crippen LogP contribution in [0, 0.1) is 5.82 Å². The first-order valence-electron chi connectivity index (χ1n) is 10.8. The van der Waals surface area contributed by atoms with Gasteiger partial charge >= 0.3 is 0 Å². The summed E-state index contributed by atoms with van der Waals surface area (Å²) >= 11 is 0. The minimum Gasteiger partial charge on any atom is -0.457 e. The van der Waals surface area contributed by atoms with Crippen molar-refractivity contribution in [2.45, 2.75) is 18.9 Å². The molecular formula is C25H23FN4O2S. The Balaban J connectivity index is 1.50. The highest BCUT2D eigenvalue weighted by atomic mass is 32.2. The van der Waals surface area contributed by atoms with E-state index in [0.717, 1.165) is 24.2 Å². The Hall–Kier alpha value is -3.36. The summed E-state index contributed by atoms with van der Waals surface area (Å²) in [7, 11) is -1.26. The third-order valence-electron chi connectivity index (χ3n) is 5.77. The Labute approximate surface area is 193 Å². The van der Waals surface area contributed by atoms with Gasteiger partial charge in [-0.05, 0) is 49.2 Å². The van der Waals surface area contributed by atoms with E-state index in [4.69, 9.17) is 9.84 Å². The van der Waals surface area contributed by atoms with E-state index in [-0.39, 0.29) is 6.04 Å². The fourth-order valence-electron chi connectivity index (χ4n) is 4.22. The molecule has 2 unspecified atom stereocenters. The van der Waals surface area contributed by atoms with Crippen LogP contribution >= 0.6 is 0 Å². The summed E-state index contributed by atoms with van der Waals surface area (Å²) in [6.45, 7) is 4.86. The molecule has 3 heterocycles. The van der Waals surface area contributed by atoms with Gasteiger partial charge in [0.2, 0.25) is 0 Å². The van der Waals surface area contributed by atoms with Crippen molar-refractivity contribution in [3.8, 4) is 22.8 Å². The summed E-state index contributed by atoms with van der Waals surface area (Å²) in [5.74, 6) is 1.04. The number of fused-ring (bicyclic) bond motifs is 1. The Bertz CT molecular complexity index is 1310. The molecule has 1 fully saturated rings. The van der Waals surface area contributed by atoms with E-state index < -0.39 is 16.8 Å². The number of pyridine rings is 1. The van der Waals surface area contributed by atoms with Crippen LogP contribution in [0.15, 0.2) is 79.0 Å². The molecule has 1 aliphatic rings. The summed E-state index contributed by atoms with van der Waals surface area (Å²) in [5.41, 5.74) is 1.92. The smallest absolute Gasteiger partial charge is 0.167 e. The molecule has 0 N–H and O–H groups in total. The predicted molar refractivity (Wildman–Crippen MR) is 128 cm³/mol. The van der Waals surface area contributed by atoms with Gasteiger partial charge in [0.1, 0.15) is 33.7 Å². The second-order valence-electron chi connectivity index (χ2n) is 7.88. The summed E-state index contributed by atoms with van der Waals surface area (Å²) in [5, 5.41) is 6.90. The summed E-state index contributed by atoms with van der Waals surface area (Å²) in [6, 6.07) is 17.0. The highest BCUT2D eigenvalue weighted by Crippen LogP contribution is 2.34. The topological polar surface area (TPSA) is 60.2 Å². The maximum atomic E-state index is 14.9. The molecule has 1 saturated heterocycles. The lowest BCUT2D eigenvalue weighted by Crippen LogP contribution is -2.37. The molecular weight excluding hydrogens is 439 g/mol. The number of hydrogen-bond acceptors (Lipinski definition) is 4. The molecule has 5 rings (SSSR count). The maximum Gasteiger partial charge on any atom is 0.167 e. The SMILES string of the molecule is C=CS(=O)N1CCCC(n2nc(-c3ccc(Oc4ccccc4)cc3)c3cncc(F)c32)C1. The molecule has 0 radical (unpaired) electrons. The molecule has 168 valence electrons. The molecule has 0 amide bonds. The van der Waals surface area contributed by atoms with Crippen molar-refractivity contribution in [1.82, 2.24) is 19.1 Å². The summed E-state index contributed by atoms with van der Waals surface area (Å²) in [6.07, 6.45) is 4.53. The summed E-state index contributed by atoms with van der Waals surface area (Å²) < 4.78 is 36.7. The molecule has 0 aliphatic carbocycles. The fourth-order valence-corrected chi connectivity index (χ4v) is 5.06. The first-order valence-corrected chi connectivity index (χ1v) is 11.9. The van der Waals surface area contributed by atoms with Crippen molar-refractivity contribution < 1.29 is 13.3 Å². The second-order valence-corrected chi connectivity index (χ2v) is 9.28. The van der Waals surface area contributed by atoms with Crippen LogP contribution in [0.3, 0.4) is 0 Å². The zero-order valence-electron chi connectivity index (χ0n) is 17.9. The first-order chi connectivity index (χ1) is 16.1. The van der Waals surface area contributed by atoms with E-state index in [1.807, 2.05) is 58.9 Å². The third kappa shape index (κ3) is 4.31. The normalized spacial score (nSPS) is 17.7. The average molecular weight is 463 g/mol. The van der Waals surface area contributed by atoms with Crippen molar-refractivity contribution in [3.05, 3.63) is 84.8 Å². The number of nitrogens with zero attached hydrogens (tertiary/aromatic N) is 4. The van der Waals surface area contributed by atoms with Crippen LogP contribution in [-0.2, 0) is 11.0 Å². The van der Waals surface area contributed by atoms with Crippen LogP contribution in [-0.4, -0.2) is 36.4 Å². The highest BCUT2D eigenvalue weighted by Gasteiger charge is 2.28. The Kier molecular flexibility index (Phi) is 6.02. The van der Waals surface area contributed by atoms with E-state index in [9.17, 15) is 8.60 Å². The number of hydrogen-bond donors (Lipinski definition) is 0. The van der Waals surface area contributed by atoms with Crippen LogP contribution in [0.5, 0.6) is 11.5 Å². The van der Waals surface area contributed by atoms with Crippen LogP contribution in [0.1, 0.15) is 18.9 Å². The van der Waals surface area contributed by atoms with Crippen LogP contribution in [0.25, 0.3) is 22.2 Å². The molecule has 1 aliphatic heterocycles. The third-order valence-corrected chi connectivity index (χ3v) is 6.90. The van der Waals surface area contributed by atoms with Crippen LogP contribution < -0.4 is 4.74 Å². The molecule has 0 saturated carbocycles. The number of rotatable bonds is 6. The van der Waals surface area contributed by atoms with E-state index in [0.29, 0.717) is 35.4 Å². The predicted octanol–water partition coefficient (Wildman–Crippen LogP) is 5.47. The number of aromatic nitrogens is 3. The summed E-state index contributed by atoms with van der Waals surface area (Å²) in [4.78, 5) is 4.06. The number of para-hydroxylation sites is 1. The molecule has 2 aromatic heterocycles. The molecule has 33 heavy (non-hydrogen) atoms. The van der Waals surface area contributed by atoms with Crippen molar-refractivity contribution in [3.63, 3.8) is 0 Å². The van der Waals surface area contributed by atoms with E-state index in [2.05, 4.69) is 11.6 Å². The van der Waals surface area contributed by atoms with Gasteiger partial charge in [0.15, 0.2) is 5.82 Å². The lowest BCUT2D eigenvalue weighted by Gasteiger charge is -2.31. The molecule has 0 bridgehead atoms. The number of ether oxygens (including phenoxy) is 1. The minimum absolute atomic E-state index is 0.100. The Morgan fingerprint density at radius 2 is 1.85 bits per heavy atom. The lowest BCUT2D eigenvalue weighted by atomic mass is 10.1. The zero-order chi connectivity index (χ0) is 22.8. The average Bonchev–Trinajstić information content (AvgIpc) is 3.26. The fraction of sp³-hybridized carbons (Fsp3) is 0.200. The van der Waals surface area contributed by atoms with Gasteiger partial charge in [0.05, 0.1) is 12.2 Å². The van der Waals surface area contributed by atoms with Gasteiger partial charge in [-0.2, -0.15) is 5.10 Å². The lowest BCUT2D eigenvalue weighted by molar-refractivity contribution is 0.268. The van der Waals surface area contributed by atoms with Gasteiger partial charge in [-0.3, -0.25) is 9.67 Å². The van der Waals surface area contributed by atoms with E-state index in [1.54, 1.807) is 10.9 Å². The second kappa shape index (κ2) is 9.25. The van der Waals surface area contributed by atoms with Gasteiger partial charge in [0, 0.05) is 35.6 Å². The van der Waals surface area contributed by atoms with Gasteiger partial charge in [0.25, 0.3) is 0 Å². The Morgan fingerprint density at radius 3 is 2.61 bits per heavy atom. The quantitative estimate of drug-likeness (QED) is 0.381. The Morgan fingerprint density at radius 1 is 1.09 bits per heavy atom. The molecule has 4 aromatic rings. The number of halogens is 1. The van der Waals surface area contributed by atoms with Crippen molar-refractivity contribution >= 4 is 21.9 Å². The number of benzene rings is 2.